The van der Waals surface area contributed by atoms with E-state index < -0.39 is 0 Å². The molecule has 0 spiro atoms. The van der Waals surface area contributed by atoms with E-state index in [1.165, 1.54) is 5.56 Å². The fourth-order valence-corrected chi connectivity index (χ4v) is 1.66. The Morgan fingerprint density at radius 2 is 2.20 bits per heavy atom. The summed E-state index contributed by atoms with van der Waals surface area (Å²) < 4.78 is 12.1. The molecule has 0 atom stereocenters. The van der Waals surface area contributed by atoms with Crippen molar-refractivity contribution in [2.45, 2.75) is 26.7 Å². The third-order valence-corrected chi connectivity index (χ3v) is 2.49. The second kappa shape index (κ2) is 6.38. The van der Waals surface area contributed by atoms with E-state index in [0.29, 0.717) is 6.42 Å². The number of alkyl halides is 1. The Labute approximate surface area is 91.1 Å². The van der Waals surface area contributed by atoms with E-state index in [1.54, 1.807) is 6.20 Å². The van der Waals surface area contributed by atoms with Crippen molar-refractivity contribution in [3.63, 3.8) is 0 Å². The minimum atomic E-state index is -0.259. The molecule has 1 aromatic heterocycles. The molecule has 0 amide bonds. The third-order valence-electron chi connectivity index (χ3n) is 2.49. The Bertz CT molecular complexity index is 289. The first-order valence-corrected chi connectivity index (χ1v) is 5.58. The molecule has 0 radical (unpaired) electrons. The van der Waals surface area contributed by atoms with Gasteiger partial charge in [0.2, 0.25) is 0 Å². The normalized spacial score (nSPS) is 10.3. The SMILES string of the molecule is CCc1cccnc1N(CC)CCCF. The molecular weight excluding hydrogens is 191 g/mol. The molecule has 0 aliphatic heterocycles. The van der Waals surface area contributed by atoms with Gasteiger partial charge in [-0.1, -0.05) is 13.0 Å². The first-order valence-electron chi connectivity index (χ1n) is 5.58. The Hall–Kier alpha value is -1.12. The monoisotopic (exact) mass is 210 g/mol. The number of aryl methyl sites for hydroxylation is 1. The van der Waals surface area contributed by atoms with Crippen LogP contribution in [0, 0.1) is 0 Å². The van der Waals surface area contributed by atoms with Gasteiger partial charge in [-0.05, 0) is 31.4 Å². The van der Waals surface area contributed by atoms with Gasteiger partial charge in [0.1, 0.15) is 5.82 Å². The summed E-state index contributed by atoms with van der Waals surface area (Å²) >= 11 is 0. The zero-order chi connectivity index (χ0) is 11.1. The lowest BCUT2D eigenvalue weighted by molar-refractivity contribution is 0.471. The van der Waals surface area contributed by atoms with E-state index in [0.717, 1.165) is 25.3 Å². The molecule has 3 heteroatoms. The molecule has 0 unspecified atom stereocenters. The molecular formula is C12H19FN2. The second-order valence-electron chi connectivity index (χ2n) is 3.46. The van der Waals surface area contributed by atoms with E-state index in [9.17, 15) is 4.39 Å². The van der Waals surface area contributed by atoms with Crippen LogP contribution < -0.4 is 4.90 Å². The highest BCUT2D eigenvalue weighted by Gasteiger charge is 2.08. The van der Waals surface area contributed by atoms with Crippen molar-refractivity contribution in [3.05, 3.63) is 23.9 Å². The minimum Gasteiger partial charge on any atom is -0.357 e. The molecule has 1 rings (SSSR count). The zero-order valence-electron chi connectivity index (χ0n) is 9.54. The molecule has 1 heterocycles. The maximum Gasteiger partial charge on any atom is 0.131 e. The largest absolute Gasteiger partial charge is 0.357 e. The van der Waals surface area contributed by atoms with Crippen molar-refractivity contribution in [1.82, 2.24) is 4.98 Å². The number of hydrogen-bond acceptors (Lipinski definition) is 2. The van der Waals surface area contributed by atoms with Gasteiger partial charge in [0.15, 0.2) is 0 Å². The Balaban J connectivity index is 2.80. The first-order chi connectivity index (χ1) is 7.33. The van der Waals surface area contributed by atoms with Crippen molar-refractivity contribution in [1.29, 1.82) is 0 Å². The fourth-order valence-electron chi connectivity index (χ4n) is 1.66. The summed E-state index contributed by atoms with van der Waals surface area (Å²) in [6, 6.07) is 4.03. The molecule has 0 bridgehead atoms. The van der Waals surface area contributed by atoms with Crippen molar-refractivity contribution < 1.29 is 4.39 Å². The van der Waals surface area contributed by atoms with Gasteiger partial charge < -0.3 is 4.90 Å². The lowest BCUT2D eigenvalue weighted by atomic mass is 10.2. The second-order valence-corrected chi connectivity index (χ2v) is 3.46. The molecule has 15 heavy (non-hydrogen) atoms. The average molecular weight is 210 g/mol. The van der Waals surface area contributed by atoms with Crippen LogP contribution in [0.1, 0.15) is 25.8 Å². The number of halogens is 1. The highest BCUT2D eigenvalue weighted by molar-refractivity contribution is 5.46. The lowest BCUT2D eigenvalue weighted by Gasteiger charge is -2.23. The Morgan fingerprint density at radius 1 is 1.40 bits per heavy atom. The molecule has 84 valence electrons. The minimum absolute atomic E-state index is 0.259. The van der Waals surface area contributed by atoms with Gasteiger partial charge in [0.05, 0.1) is 6.67 Å². The summed E-state index contributed by atoms with van der Waals surface area (Å²) in [7, 11) is 0. The van der Waals surface area contributed by atoms with Crippen LogP contribution in [0.4, 0.5) is 10.2 Å². The van der Waals surface area contributed by atoms with Gasteiger partial charge in [-0.3, -0.25) is 4.39 Å². The van der Waals surface area contributed by atoms with Crippen LogP contribution in [0.15, 0.2) is 18.3 Å². The van der Waals surface area contributed by atoms with E-state index in [-0.39, 0.29) is 6.67 Å². The topological polar surface area (TPSA) is 16.1 Å². The molecule has 0 aliphatic rings. The lowest BCUT2D eigenvalue weighted by Crippen LogP contribution is -2.26. The number of hydrogen-bond donors (Lipinski definition) is 0. The first kappa shape index (κ1) is 12.0. The van der Waals surface area contributed by atoms with Crippen LogP contribution in [0.2, 0.25) is 0 Å². The summed E-state index contributed by atoms with van der Waals surface area (Å²) in [6.45, 7) is 5.56. The highest BCUT2D eigenvalue weighted by atomic mass is 19.1. The maximum atomic E-state index is 12.1. The van der Waals surface area contributed by atoms with E-state index in [1.807, 2.05) is 6.07 Å². The highest BCUT2D eigenvalue weighted by Crippen LogP contribution is 2.17. The van der Waals surface area contributed by atoms with E-state index in [2.05, 4.69) is 29.8 Å². The number of aromatic nitrogens is 1. The van der Waals surface area contributed by atoms with E-state index >= 15 is 0 Å². The van der Waals surface area contributed by atoms with Crippen LogP contribution in [0.25, 0.3) is 0 Å². The molecule has 0 N–H and O–H groups in total. The van der Waals surface area contributed by atoms with Gasteiger partial charge >= 0.3 is 0 Å². The molecule has 0 aliphatic carbocycles. The third kappa shape index (κ3) is 3.18. The summed E-state index contributed by atoms with van der Waals surface area (Å²) in [4.78, 5) is 6.51. The standard InChI is InChI=1S/C12H19FN2/c1-3-11-7-5-9-14-12(11)15(4-2)10-6-8-13/h5,7,9H,3-4,6,8,10H2,1-2H3. The molecule has 2 nitrogen and oxygen atoms in total. The molecule has 1 aromatic rings. The van der Waals surface area contributed by atoms with Gasteiger partial charge in [0.25, 0.3) is 0 Å². The Morgan fingerprint density at radius 3 is 2.80 bits per heavy atom. The van der Waals surface area contributed by atoms with Crippen molar-refractivity contribution in [2.24, 2.45) is 0 Å². The van der Waals surface area contributed by atoms with Crippen molar-refractivity contribution >= 4 is 5.82 Å². The van der Waals surface area contributed by atoms with Crippen molar-refractivity contribution in [2.75, 3.05) is 24.7 Å². The summed E-state index contributed by atoms with van der Waals surface area (Å²) in [5.74, 6) is 1.01. The predicted octanol–water partition coefficient (Wildman–Crippen LogP) is 2.83. The summed E-state index contributed by atoms with van der Waals surface area (Å²) in [5.41, 5.74) is 1.23. The quantitative estimate of drug-likeness (QED) is 0.717. The van der Waals surface area contributed by atoms with Crippen LogP contribution in [0.5, 0.6) is 0 Å². The zero-order valence-corrected chi connectivity index (χ0v) is 9.54. The summed E-state index contributed by atoms with van der Waals surface area (Å²) in [6.07, 6.45) is 3.34. The predicted molar refractivity (Wildman–Crippen MR) is 62.1 cm³/mol. The molecule has 0 fully saturated rings. The van der Waals surface area contributed by atoms with Crippen LogP contribution in [-0.4, -0.2) is 24.7 Å². The van der Waals surface area contributed by atoms with E-state index in [4.69, 9.17) is 0 Å². The maximum absolute atomic E-state index is 12.1. The van der Waals surface area contributed by atoms with Crippen LogP contribution >= 0.6 is 0 Å². The number of rotatable bonds is 6. The van der Waals surface area contributed by atoms with Crippen LogP contribution in [-0.2, 0) is 6.42 Å². The summed E-state index contributed by atoms with van der Waals surface area (Å²) in [5, 5.41) is 0. The number of pyridine rings is 1. The van der Waals surface area contributed by atoms with Crippen LogP contribution in [0.3, 0.4) is 0 Å². The molecule has 0 saturated carbocycles. The Kier molecular flexibility index (Phi) is 5.08. The smallest absolute Gasteiger partial charge is 0.131 e. The molecule has 0 aromatic carbocycles. The number of nitrogens with zero attached hydrogens (tertiary/aromatic N) is 2. The van der Waals surface area contributed by atoms with Gasteiger partial charge in [-0.25, -0.2) is 4.98 Å². The van der Waals surface area contributed by atoms with Gasteiger partial charge in [-0.2, -0.15) is 0 Å². The molecule has 0 saturated heterocycles. The number of anilines is 1. The van der Waals surface area contributed by atoms with Gasteiger partial charge in [0, 0.05) is 19.3 Å². The van der Waals surface area contributed by atoms with Gasteiger partial charge in [-0.15, -0.1) is 0 Å². The van der Waals surface area contributed by atoms with Crippen molar-refractivity contribution in [3.8, 4) is 0 Å². The average Bonchev–Trinajstić information content (AvgIpc) is 2.30. The fraction of sp³-hybridized carbons (Fsp3) is 0.583.